The fourth-order valence-corrected chi connectivity index (χ4v) is 3.00. The van der Waals surface area contributed by atoms with E-state index in [-0.39, 0.29) is 11.9 Å². The van der Waals surface area contributed by atoms with Crippen molar-refractivity contribution in [2.24, 2.45) is 10.7 Å². The highest BCUT2D eigenvalue weighted by Gasteiger charge is 2.43. The van der Waals surface area contributed by atoms with Gasteiger partial charge in [0.15, 0.2) is 0 Å². The Labute approximate surface area is 132 Å². The number of hydrogen-bond donors (Lipinski definition) is 1. The maximum absolute atomic E-state index is 12.0. The molecular weight excluding hydrogens is 278 g/mol. The first-order chi connectivity index (χ1) is 10.5. The first kappa shape index (κ1) is 16.6. The number of hydrogen-bond acceptors (Lipinski definition) is 5. The van der Waals surface area contributed by atoms with Crippen LogP contribution in [0.3, 0.4) is 0 Å². The van der Waals surface area contributed by atoms with Crippen molar-refractivity contribution < 1.29 is 9.53 Å². The van der Waals surface area contributed by atoms with E-state index < -0.39 is 5.54 Å². The van der Waals surface area contributed by atoms with E-state index in [1.807, 2.05) is 26.1 Å². The fourth-order valence-electron chi connectivity index (χ4n) is 3.00. The second kappa shape index (κ2) is 7.01. The van der Waals surface area contributed by atoms with Gasteiger partial charge in [-0.25, -0.2) is 0 Å². The summed E-state index contributed by atoms with van der Waals surface area (Å²) in [4.78, 5) is 20.8. The van der Waals surface area contributed by atoms with Gasteiger partial charge in [-0.2, -0.15) is 0 Å². The lowest BCUT2D eigenvalue weighted by Crippen LogP contribution is -2.46. The van der Waals surface area contributed by atoms with Crippen LogP contribution in [0.25, 0.3) is 0 Å². The summed E-state index contributed by atoms with van der Waals surface area (Å²) < 4.78 is 5.10. The van der Waals surface area contributed by atoms with Crippen LogP contribution >= 0.6 is 0 Å². The molecular formula is C17H25N3O2. The molecule has 2 rings (SSSR count). The van der Waals surface area contributed by atoms with Crippen molar-refractivity contribution in [3.05, 3.63) is 29.6 Å². The third-order valence-corrected chi connectivity index (χ3v) is 4.26. The van der Waals surface area contributed by atoms with Gasteiger partial charge < -0.3 is 10.5 Å². The molecule has 1 aliphatic carbocycles. The molecule has 1 aromatic rings. The van der Waals surface area contributed by atoms with Crippen molar-refractivity contribution in [2.75, 3.05) is 13.2 Å². The summed E-state index contributed by atoms with van der Waals surface area (Å²) in [6.45, 7) is 6.90. The molecule has 2 atom stereocenters. The Hall–Kier alpha value is -1.75. The van der Waals surface area contributed by atoms with Crippen LogP contribution in [0.2, 0.25) is 0 Å². The summed E-state index contributed by atoms with van der Waals surface area (Å²) in [5.41, 5.74) is 8.34. The molecule has 5 nitrogen and oxygen atoms in total. The van der Waals surface area contributed by atoms with Gasteiger partial charge in [-0.05, 0) is 57.6 Å². The maximum atomic E-state index is 12.0. The van der Waals surface area contributed by atoms with Gasteiger partial charge in [0.05, 0.1) is 18.0 Å². The van der Waals surface area contributed by atoms with Crippen LogP contribution in [0.4, 0.5) is 0 Å². The highest BCUT2D eigenvalue weighted by molar-refractivity contribution is 5.96. The van der Waals surface area contributed by atoms with Crippen LogP contribution in [0, 0.1) is 0 Å². The number of ether oxygens (including phenoxy) is 1. The predicted molar refractivity (Wildman–Crippen MR) is 87.1 cm³/mol. The summed E-state index contributed by atoms with van der Waals surface area (Å²) in [6.07, 6.45) is 4.05. The van der Waals surface area contributed by atoms with Crippen LogP contribution in [-0.4, -0.2) is 35.4 Å². The third kappa shape index (κ3) is 3.53. The highest BCUT2D eigenvalue weighted by Crippen LogP contribution is 2.40. The Balaban J connectivity index is 2.08. The van der Waals surface area contributed by atoms with Crippen LogP contribution in [0.5, 0.6) is 0 Å². The monoisotopic (exact) mass is 303 g/mol. The lowest BCUT2D eigenvalue weighted by atomic mass is 9.94. The van der Waals surface area contributed by atoms with E-state index in [4.69, 9.17) is 10.5 Å². The standard InChI is InChI=1S/C17H25N3O2/c1-4-19-12(3)15-7-6-14(11-20-15)13-8-9-17(18,10-13)16(21)22-5-2/h6-7,11,13H,4-5,8-10,18H2,1-3H3/b19-12+. The van der Waals surface area contributed by atoms with Gasteiger partial charge in [-0.3, -0.25) is 14.8 Å². The molecule has 1 fully saturated rings. The molecule has 0 aromatic carbocycles. The Morgan fingerprint density at radius 3 is 2.86 bits per heavy atom. The van der Waals surface area contributed by atoms with Crippen molar-refractivity contribution in [2.45, 2.75) is 51.5 Å². The Morgan fingerprint density at radius 1 is 1.50 bits per heavy atom. The summed E-state index contributed by atoms with van der Waals surface area (Å²) in [6, 6.07) is 4.06. The Morgan fingerprint density at radius 2 is 2.27 bits per heavy atom. The largest absolute Gasteiger partial charge is 0.465 e. The SMILES string of the molecule is CC/N=C(\C)c1ccc(C2CCC(N)(C(=O)OCC)C2)cn1. The number of nitrogens with two attached hydrogens (primary N) is 1. The summed E-state index contributed by atoms with van der Waals surface area (Å²) in [7, 11) is 0. The van der Waals surface area contributed by atoms with E-state index in [1.54, 1.807) is 6.92 Å². The summed E-state index contributed by atoms with van der Waals surface area (Å²) >= 11 is 0. The van der Waals surface area contributed by atoms with Gasteiger partial charge in [-0.15, -0.1) is 0 Å². The van der Waals surface area contributed by atoms with Crippen LogP contribution in [0.15, 0.2) is 23.3 Å². The van der Waals surface area contributed by atoms with Gasteiger partial charge in [0.1, 0.15) is 5.54 Å². The van der Waals surface area contributed by atoms with Crippen molar-refractivity contribution in [3.8, 4) is 0 Å². The molecule has 0 amide bonds. The average Bonchev–Trinajstić information content (AvgIpc) is 2.92. The van der Waals surface area contributed by atoms with Crippen molar-refractivity contribution in [1.82, 2.24) is 4.98 Å². The van der Waals surface area contributed by atoms with Gasteiger partial charge in [0, 0.05) is 12.7 Å². The molecule has 22 heavy (non-hydrogen) atoms. The number of carbonyl (C=O) groups excluding carboxylic acids is 1. The average molecular weight is 303 g/mol. The molecule has 120 valence electrons. The lowest BCUT2D eigenvalue weighted by Gasteiger charge is -2.21. The molecule has 0 aliphatic heterocycles. The second-order valence-corrected chi connectivity index (χ2v) is 5.85. The number of nitrogens with zero attached hydrogens (tertiary/aromatic N) is 2. The van der Waals surface area contributed by atoms with E-state index in [0.29, 0.717) is 19.4 Å². The highest BCUT2D eigenvalue weighted by atomic mass is 16.5. The van der Waals surface area contributed by atoms with Crippen LogP contribution < -0.4 is 5.73 Å². The van der Waals surface area contributed by atoms with E-state index >= 15 is 0 Å². The molecule has 5 heteroatoms. The molecule has 2 N–H and O–H groups in total. The number of pyridine rings is 1. The van der Waals surface area contributed by atoms with E-state index in [9.17, 15) is 4.79 Å². The molecule has 1 heterocycles. The van der Waals surface area contributed by atoms with Gasteiger partial charge in [-0.1, -0.05) is 6.07 Å². The predicted octanol–water partition coefficient (Wildman–Crippen LogP) is 2.44. The molecule has 0 radical (unpaired) electrons. The van der Waals surface area contributed by atoms with Crippen molar-refractivity contribution >= 4 is 11.7 Å². The Kier molecular flexibility index (Phi) is 5.29. The number of aromatic nitrogens is 1. The normalized spacial score (nSPS) is 25.3. The molecule has 0 saturated heterocycles. The first-order valence-corrected chi connectivity index (χ1v) is 7.93. The van der Waals surface area contributed by atoms with Crippen LogP contribution in [-0.2, 0) is 9.53 Å². The number of esters is 1. The molecule has 2 unspecified atom stereocenters. The number of aliphatic imine (C=N–C) groups is 1. The zero-order valence-corrected chi connectivity index (χ0v) is 13.6. The topological polar surface area (TPSA) is 77.6 Å². The zero-order valence-electron chi connectivity index (χ0n) is 13.6. The minimum atomic E-state index is -0.848. The maximum Gasteiger partial charge on any atom is 0.326 e. The quantitative estimate of drug-likeness (QED) is 0.669. The lowest BCUT2D eigenvalue weighted by molar-refractivity contribution is -0.149. The smallest absolute Gasteiger partial charge is 0.326 e. The first-order valence-electron chi connectivity index (χ1n) is 7.93. The summed E-state index contributed by atoms with van der Waals surface area (Å²) in [5, 5.41) is 0. The third-order valence-electron chi connectivity index (χ3n) is 4.26. The molecule has 1 aromatic heterocycles. The Bertz CT molecular complexity index is 554. The van der Waals surface area contributed by atoms with E-state index in [0.717, 1.165) is 29.9 Å². The van der Waals surface area contributed by atoms with E-state index in [2.05, 4.69) is 16.0 Å². The number of carbonyl (C=O) groups is 1. The number of rotatable bonds is 5. The minimum absolute atomic E-state index is 0.263. The van der Waals surface area contributed by atoms with Crippen molar-refractivity contribution in [3.63, 3.8) is 0 Å². The van der Waals surface area contributed by atoms with Gasteiger partial charge >= 0.3 is 5.97 Å². The molecule has 1 aliphatic rings. The minimum Gasteiger partial charge on any atom is -0.465 e. The molecule has 0 spiro atoms. The van der Waals surface area contributed by atoms with Crippen LogP contribution in [0.1, 0.15) is 57.2 Å². The van der Waals surface area contributed by atoms with Gasteiger partial charge in [0.25, 0.3) is 0 Å². The fraction of sp³-hybridized carbons (Fsp3) is 0.588. The van der Waals surface area contributed by atoms with Gasteiger partial charge in [0.2, 0.25) is 0 Å². The molecule has 1 saturated carbocycles. The second-order valence-electron chi connectivity index (χ2n) is 5.85. The van der Waals surface area contributed by atoms with E-state index in [1.165, 1.54) is 0 Å². The summed E-state index contributed by atoms with van der Waals surface area (Å²) in [5.74, 6) is -0.0209. The zero-order chi connectivity index (χ0) is 16.2. The molecule has 0 bridgehead atoms. The van der Waals surface area contributed by atoms with Crippen molar-refractivity contribution in [1.29, 1.82) is 0 Å².